The van der Waals surface area contributed by atoms with E-state index >= 15 is 0 Å². The lowest BCUT2D eigenvalue weighted by Gasteiger charge is -2.00. The predicted molar refractivity (Wildman–Crippen MR) is 53.6 cm³/mol. The van der Waals surface area contributed by atoms with Gasteiger partial charge in [-0.1, -0.05) is 0 Å². The van der Waals surface area contributed by atoms with Gasteiger partial charge in [-0.05, 0) is 29.8 Å². The Morgan fingerprint density at radius 2 is 2.46 bits per heavy atom. The number of hydrogen-bond acceptors (Lipinski definition) is 4. The first-order valence-corrected chi connectivity index (χ1v) is 5.31. The van der Waals surface area contributed by atoms with Crippen molar-refractivity contribution in [3.05, 3.63) is 14.5 Å². The molecule has 1 amide bonds. The van der Waals surface area contributed by atoms with Crippen molar-refractivity contribution >= 4 is 33.2 Å². The fourth-order valence-corrected chi connectivity index (χ4v) is 2.29. The molecule has 0 aliphatic rings. The van der Waals surface area contributed by atoms with Gasteiger partial charge in [-0.25, -0.2) is 10.5 Å². The van der Waals surface area contributed by atoms with E-state index in [1.807, 2.05) is 6.92 Å². The minimum Gasteiger partial charge on any atom is -0.274 e. The van der Waals surface area contributed by atoms with Gasteiger partial charge in [0.15, 0.2) is 3.92 Å². The highest BCUT2D eigenvalue weighted by atomic mass is 79.9. The zero-order chi connectivity index (χ0) is 9.84. The zero-order valence-electron chi connectivity index (χ0n) is 7.26. The molecule has 0 unspecified atom stereocenters. The molecular formula is C7H9BrN2O2S. The van der Waals surface area contributed by atoms with Crippen molar-refractivity contribution in [1.29, 1.82) is 0 Å². The molecule has 0 saturated heterocycles. The normalized spacial score (nSPS) is 10.1. The van der Waals surface area contributed by atoms with Crippen LogP contribution in [0.1, 0.15) is 22.3 Å². The third-order valence-electron chi connectivity index (χ3n) is 1.29. The topological polar surface area (TPSA) is 51.2 Å². The van der Waals surface area contributed by atoms with Crippen molar-refractivity contribution in [1.82, 2.24) is 10.5 Å². The van der Waals surface area contributed by atoms with Crippen LogP contribution in [0.15, 0.2) is 3.92 Å². The predicted octanol–water partition coefficient (Wildman–Crippen LogP) is 1.90. The molecule has 1 aromatic rings. The third-order valence-corrected chi connectivity index (χ3v) is 2.72. The molecule has 0 aromatic carbocycles. The summed E-state index contributed by atoms with van der Waals surface area (Å²) in [6.45, 7) is 4.07. The minimum absolute atomic E-state index is 0.304. The monoisotopic (exact) mass is 264 g/mol. The van der Waals surface area contributed by atoms with Crippen LogP contribution in [0.2, 0.25) is 0 Å². The van der Waals surface area contributed by atoms with Crippen LogP contribution in [0, 0.1) is 6.92 Å². The Hall–Kier alpha value is -0.460. The molecule has 1 N–H and O–H groups in total. The van der Waals surface area contributed by atoms with E-state index in [0.717, 1.165) is 4.88 Å². The van der Waals surface area contributed by atoms with E-state index in [0.29, 0.717) is 16.2 Å². The first kappa shape index (κ1) is 10.6. The minimum atomic E-state index is -0.304. The number of amides is 1. The maximum absolute atomic E-state index is 11.3. The number of aryl methyl sites for hydroxylation is 1. The summed E-state index contributed by atoms with van der Waals surface area (Å²) < 4.78 is 0.701. The highest BCUT2D eigenvalue weighted by Crippen LogP contribution is 2.21. The molecule has 0 bridgehead atoms. The first-order chi connectivity index (χ1) is 6.15. The number of hydroxylamine groups is 1. The maximum atomic E-state index is 11.3. The van der Waals surface area contributed by atoms with Crippen LogP contribution in [-0.4, -0.2) is 17.5 Å². The van der Waals surface area contributed by atoms with Gasteiger partial charge in [-0.2, -0.15) is 0 Å². The summed E-state index contributed by atoms with van der Waals surface area (Å²) in [6.07, 6.45) is 0. The molecule has 1 heterocycles. The lowest BCUT2D eigenvalue weighted by Crippen LogP contribution is -2.24. The number of carbonyl (C=O) groups is 1. The molecule has 0 aliphatic carbocycles. The lowest BCUT2D eigenvalue weighted by atomic mass is 10.4. The van der Waals surface area contributed by atoms with Gasteiger partial charge in [0.05, 0.1) is 6.61 Å². The van der Waals surface area contributed by atoms with Crippen LogP contribution in [0.5, 0.6) is 0 Å². The van der Waals surface area contributed by atoms with Crippen molar-refractivity contribution in [3.8, 4) is 0 Å². The van der Waals surface area contributed by atoms with Crippen molar-refractivity contribution < 1.29 is 9.63 Å². The van der Waals surface area contributed by atoms with Crippen LogP contribution in [0.4, 0.5) is 0 Å². The van der Waals surface area contributed by atoms with Gasteiger partial charge in [0, 0.05) is 4.88 Å². The number of hydrogen-bond donors (Lipinski definition) is 1. The van der Waals surface area contributed by atoms with Crippen LogP contribution in [0.3, 0.4) is 0 Å². The van der Waals surface area contributed by atoms with E-state index in [9.17, 15) is 4.79 Å². The Morgan fingerprint density at radius 1 is 1.77 bits per heavy atom. The van der Waals surface area contributed by atoms with Gasteiger partial charge in [0.2, 0.25) is 0 Å². The van der Waals surface area contributed by atoms with E-state index in [-0.39, 0.29) is 5.91 Å². The largest absolute Gasteiger partial charge is 0.294 e. The molecule has 0 aliphatic heterocycles. The Kier molecular flexibility index (Phi) is 3.83. The van der Waals surface area contributed by atoms with E-state index in [1.165, 1.54) is 11.3 Å². The van der Waals surface area contributed by atoms with Crippen molar-refractivity contribution in [2.75, 3.05) is 6.61 Å². The average Bonchev–Trinajstić information content (AvgIpc) is 2.41. The number of rotatable bonds is 3. The average molecular weight is 265 g/mol. The number of carbonyl (C=O) groups excluding carboxylic acids is 1. The number of halogens is 1. The van der Waals surface area contributed by atoms with Gasteiger partial charge in [0.1, 0.15) is 5.69 Å². The summed E-state index contributed by atoms with van der Waals surface area (Å²) in [4.78, 5) is 21.0. The Labute approximate surface area is 88.4 Å². The standard InChI is InChI=1S/C7H9BrN2O2S/c1-3-12-10-6(11)5-4(2)13-7(8)9-5/h3H2,1-2H3,(H,10,11). The molecule has 0 radical (unpaired) electrons. The van der Waals surface area contributed by atoms with E-state index in [1.54, 1.807) is 6.92 Å². The maximum Gasteiger partial charge on any atom is 0.294 e. The van der Waals surface area contributed by atoms with Gasteiger partial charge in [0.25, 0.3) is 5.91 Å². The molecule has 72 valence electrons. The van der Waals surface area contributed by atoms with Crippen LogP contribution in [-0.2, 0) is 4.84 Å². The smallest absolute Gasteiger partial charge is 0.274 e. The van der Waals surface area contributed by atoms with Crippen molar-refractivity contribution in [2.45, 2.75) is 13.8 Å². The second-order valence-electron chi connectivity index (χ2n) is 2.24. The molecule has 1 rings (SSSR count). The summed E-state index contributed by atoms with van der Waals surface area (Å²) in [6, 6.07) is 0. The molecule has 0 saturated carbocycles. The number of nitrogens with zero attached hydrogens (tertiary/aromatic N) is 1. The van der Waals surface area contributed by atoms with E-state index in [2.05, 4.69) is 26.4 Å². The third kappa shape index (κ3) is 2.75. The summed E-state index contributed by atoms with van der Waals surface area (Å²) in [5.74, 6) is -0.304. The highest BCUT2D eigenvalue weighted by Gasteiger charge is 2.13. The highest BCUT2D eigenvalue weighted by molar-refractivity contribution is 9.11. The Bertz CT molecular complexity index is 313. The van der Waals surface area contributed by atoms with E-state index in [4.69, 9.17) is 4.84 Å². The van der Waals surface area contributed by atoms with Gasteiger partial charge < -0.3 is 0 Å². The zero-order valence-corrected chi connectivity index (χ0v) is 9.66. The van der Waals surface area contributed by atoms with Crippen LogP contribution < -0.4 is 5.48 Å². The number of nitrogens with one attached hydrogen (secondary N) is 1. The van der Waals surface area contributed by atoms with Gasteiger partial charge in [-0.3, -0.25) is 9.63 Å². The second kappa shape index (κ2) is 4.69. The first-order valence-electron chi connectivity index (χ1n) is 3.70. The Balaban J connectivity index is 2.70. The SMILES string of the molecule is CCONC(=O)c1nc(Br)sc1C. The molecule has 13 heavy (non-hydrogen) atoms. The summed E-state index contributed by atoms with van der Waals surface area (Å²) in [7, 11) is 0. The van der Waals surface area contributed by atoms with Gasteiger partial charge in [-0.15, -0.1) is 11.3 Å². The number of thiazole rings is 1. The van der Waals surface area contributed by atoms with Gasteiger partial charge >= 0.3 is 0 Å². The molecule has 0 fully saturated rings. The molecule has 6 heteroatoms. The molecular weight excluding hydrogens is 256 g/mol. The second-order valence-corrected chi connectivity index (χ2v) is 4.72. The van der Waals surface area contributed by atoms with Crippen LogP contribution in [0.25, 0.3) is 0 Å². The molecule has 4 nitrogen and oxygen atoms in total. The molecule has 1 aromatic heterocycles. The Morgan fingerprint density at radius 3 is 2.92 bits per heavy atom. The van der Waals surface area contributed by atoms with E-state index < -0.39 is 0 Å². The summed E-state index contributed by atoms with van der Waals surface area (Å²) in [5, 5.41) is 0. The summed E-state index contributed by atoms with van der Waals surface area (Å²) >= 11 is 4.63. The molecule has 0 spiro atoms. The number of aromatic nitrogens is 1. The van der Waals surface area contributed by atoms with Crippen molar-refractivity contribution in [2.24, 2.45) is 0 Å². The fraction of sp³-hybridized carbons (Fsp3) is 0.429. The molecule has 0 atom stereocenters. The lowest BCUT2D eigenvalue weighted by molar-refractivity contribution is 0.0360. The van der Waals surface area contributed by atoms with Crippen molar-refractivity contribution in [3.63, 3.8) is 0 Å². The van der Waals surface area contributed by atoms with Crippen LogP contribution >= 0.6 is 27.3 Å². The fourth-order valence-electron chi connectivity index (χ4n) is 0.761. The quantitative estimate of drug-likeness (QED) is 0.849. The summed E-state index contributed by atoms with van der Waals surface area (Å²) in [5.41, 5.74) is 2.69.